The number of amides is 1. The van der Waals surface area contributed by atoms with Crippen LogP contribution in [0.1, 0.15) is 17.3 Å². The summed E-state index contributed by atoms with van der Waals surface area (Å²) in [5, 5.41) is 13.0. The number of carbonyl (C=O) groups excluding carboxylic acids is 1. The number of aryl methyl sites for hydroxylation is 1. The van der Waals surface area contributed by atoms with Crippen molar-refractivity contribution < 1.29 is 9.53 Å². The maximum atomic E-state index is 13.3. The van der Waals surface area contributed by atoms with Crippen LogP contribution in [0.4, 0.5) is 11.4 Å². The molecule has 0 spiro atoms. The van der Waals surface area contributed by atoms with Gasteiger partial charge in [-0.3, -0.25) is 19.5 Å². The van der Waals surface area contributed by atoms with E-state index in [-0.39, 0.29) is 11.5 Å². The van der Waals surface area contributed by atoms with Gasteiger partial charge in [0.1, 0.15) is 5.69 Å². The summed E-state index contributed by atoms with van der Waals surface area (Å²) in [5.41, 5.74) is 4.97. The maximum Gasteiger partial charge on any atom is 0.290 e. The van der Waals surface area contributed by atoms with Gasteiger partial charge in [-0.25, -0.2) is 4.68 Å². The van der Waals surface area contributed by atoms with E-state index in [1.165, 1.54) is 4.68 Å². The van der Waals surface area contributed by atoms with Crippen LogP contribution in [-0.4, -0.2) is 65.0 Å². The number of morpholine rings is 1. The van der Waals surface area contributed by atoms with Crippen molar-refractivity contribution in [3.63, 3.8) is 0 Å². The first-order chi connectivity index (χ1) is 21.1. The second-order valence-electron chi connectivity index (χ2n) is 10.5. The zero-order valence-corrected chi connectivity index (χ0v) is 24.1. The van der Waals surface area contributed by atoms with Crippen LogP contribution in [0.15, 0.2) is 96.1 Å². The third kappa shape index (κ3) is 6.48. The van der Waals surface area contributed by atoms with Crippen molar-refractivity contribution in [2.45, 2.75) is 13.5 Å². The highest BCUT2D eigenvalue weighted by molar-refractivity contribution is 5.96. The normalized spacial score (nSPS) is 13.6. The molecule has 0 saturated carbocycles. The third-order valence-electron chi connectivity index (χ3n) is 7.65. The Hall–Kier alpha value is -4.86. The molecule has 0 bridgehead atoms. The Morgan fingerprint density at radius 3 is 2.49 bits per heavy atom. The fraction of sp³-hybridized carbons (Fsp3) is 0.235. The number of benzene rings is 3. The lowest BCUT2D eigenvalue weighted by Crippen LogP contribution is -2.41. The first-order valence-corrected chi connectivity index (χ1v) is 14.6. The second-order valence-corrected chi connectivity index (χ2v) is 10.5. The van der Waals surface area contributed by atoms with E-state index in [0.717, 1.165) is 66.0 Å². The zero-order valence-electron chi connectivity index (χ0n) is 24.1. The number of carbonyl (C=O) groups is 1. The standard InChI is InChI=1S/C34H34N6O3/c1-2-40-34(42)31(37-32-23-35-22-28-7-3-4-12-29(28)32)21-30(38-40)26-10-5-8-24(19-26)25-9-6-11-27(20-25)33(41)36-13-14-39-15-17-43-18-16-39/h3-12,19-23,37H,2,13-18H2,1H3,(H,36,41). The summed E-state index contributed by atoms with van der Waals surface area (Å²) in [6.45, 7) is 6.98. The van der Waals surface area contributed by atoms with Gasteiger partial charge in [0.15, 0.2) is 0 Å². The molecule has 1 amide bonds. The third-order valence-corrected chi connectivity index (χ3v) is 7.65. The molecular weight excluding hydrogens is 540 g/mol. The van der Waals surface area contributed by atoms with Crippen molar-refractivity contribution in [1.29, 1.82) is 0 Å². The number of rotatable bonds is 9. The molecule has 9 heteroatoms. The predicted molar refractivity (Wildman–Crippen MR) is 170 cm³/mol. The number of pyridine rings is 1. The fourth-order valence-electron chi connectivity index (χ4n) is 5.30. The zero-order chi connectivity index (χ0) is 29.6. The molecule has 43 heavy (non-hydrogen) atoms. The van der Waals surface area contributed by atoms with Crippen LogP contribution in [0, 0.1) is 0 Å². The highest BCUT2D eigenvalue weighted by Gasteiger charge is 2.14. The van der Waals surface area contributed by atoms with E-state index in [4.69, 9.17) is 4.74 Å². The Kier molecular flexibility index (Phi) is 8.53. The summed E-state index contributed by atoms with van der Waals surface area (Å²) < 4.78 is 6.86. The highest BCUT2D eigenvalue weighted by atomic mass is 16.5. The summed E-state index contributed by atoms with van der Waals surface area (Å²) in [7, 11) is 0. The molecule has 0 radical (unpaired) electrons. The van der Waals surface area contributed by atoms with Gasteiger partial charge in [-0.05, 0) is 42.3 Å². The number of fused-ring (bicyclic) bond motifs is 1. The minimum atomic E-state index is -0.206. The molecule has 218 valence electrons. The monoisotopic (exact) mass is 574 g/mol. The summed E-state index contributed by atoms with van der Waals surface area (Å²) in [6.07, 6.45) is 3.53. The van der Waals surface area contributed by atoms with Gasteiger partial charge >= 0.3 is 0 Å². The molecule has 3 heterocycles. The van der Waals surface area contributed by atoms with Crippen molar-refractivity contribution in [1.82, 2.24) is 25.0 Å². The van der Waals surface area contributed by atoms with Gasteiger partial charge in [-0.15, -0.1) is 0 Å². The number of anilines is 2. The average molecular weight is 575 g/mol. The molecule has 0 aliphatic carbocycles. The molecule has 2 N–H and O–H groups in total. The first-order valence-electron chi connectivity index (χ1n) is 14.6. The van der Waals surface area contributed by atoms with Crippen molar-refractivity contribution in [3.05, 3.63) is 107 Å². The van der Waals surface area contributed by atoms with Crippen molar-refractivity contribution in [2.75, 3.05) is 44.7 Å². The van der Waals surface area contributed by atoms with E-state index < -0.39 is 0 Å². The summed E-state index contributed by atoms with van der Waals surface area (Å²) >= 11 is 0. The molecule has 6 rings (SSSR count). The smallest absolute Gasteiger partial charge is 0.290 e. The molecular formula is C34H34N6O3. The second kappa shape index (κ2) is 13.0. The van der Waals surface area contributed by atoms with Gasteiger partial charge in [-0.1, -0.05) is 54.6 Å². The van der Waals surface area contributed by atoms with Crippen LogP contribution in [0.2, 0.25) is 0 Å². The van der Waals surface area contributed by atoms with Gasteiger partial charge < -0.3 is 15.4 Å². The van der Waals surface area contributed by atoms with E-state index >= 15 is 0 Å². The molecule has 3 aromatic carbocycles. The fourth-order valence-corrected chi connectivity index (χ4v) is 5.30. The number of nitrogens with one attached hydrogen (secondary N) is 2. The van der Waals surface area contributed by atoms with Gasteiger partial charge in [0.25, 0.3) is 11.5 Å². The number of hydrogen-bond acceptors (Lipinski definition) is 7. The van der Waals surface area contributed by atoms with Gasteiger partial charge in [-0.2, -0.15) is 5.10 Å². The van der Waals surface area contributed by atoms with Crippen LogP contribution >= 0.6 is 0 Å². The van der Waals surface area contributed by atoms with Crippen molar-refractivity contribution in [3.8, 4) is 22.4 Å². The summed E-state index contributed by atoms with van der Waals surface area (Å²) in [4.78, 5) is 32.8. The largest absolute Gasteiger partial charge is 0.379 e. The minimum absolute atomic E-state index is 0.0957. The molecule has 1 fully saturated rings. The Balaban J connectivity index is 1.24. The van der Waals surface area contributed by atoms with Crippen LogP contribution < -0.4 is 16.2 Å². The van der Waals surface area contributed by atoms with E-state index in [0.29, 0.717) is 30.0 Å². The molecule has 1 aliphatic rings. The van der Waals surface area contributed by atoms with E-state index in [9.17, 15) is 9.59 Å². The van der Waals surface area contributed by atoms with E-state index in [1.807, 2.05) is 79.7 Å². The number of ether oxygens (including phenoxy) is 1. The highest BCUT2D eigenvalue weighted by Crippen LogP contribution is 2.28. The van der Waals surface area contributed by atoms with Gasteiger partial charge in [0.2, 0.25) is 0 Å². The Morgan fingerprint density at radius 1 is 0.884 bits per heavy atom. The maximum absolute atomic E-state index is 13.3. The number of nitrogens with zero attached hydrogens (tertiary/aromatic N) is 4. The minimum Gasteiger partial charge on any atom is -0.379 e. The average Bonchev–Trinajstić information content (AvgIpc) is 3.06. The molecule has 5 aromatic rings. The SMILES string of the molecule is CCn1nc(-c2cccc(-c3cccc(C(=O)NCCN4CCOCC4)c3)c2)cc(Nc2cncc3ccccc23)c1=O. The first kappa shape index (κ1) is 28.3. The Morgan fingerprint density at radius 2 is 1.65 bits per heavy atom. The van der Waals surface area contributed by atoms with Crippen LogP contribution in [-0.2, 0) is 11.3 Å². The van der Waals surface area contributed by atoms with Crippen molar-refractivity contribution >= 4 is 28.1 Å². The van der Waals surface area contributed by atoms with Crippen LogP contribution in [0.5, 0.6) is 0 Å². The van der Waals surface area contributed by atoms with E-state index in [2.05, 4.69) is 25.6 Å². The Bertz CT molecular complexity index is 1810. The van der Waals surface area contributed by atoms with Crippen molar-refractivity contribution in [2.24, 2.45) is 0 Å². The van der Waals surface area contributed by atoms with Gasteiger partial charge in [0, 0.05) is 60.8 Å². The number of hydrogen-bond donors (Lipinski definition) is 2. The lowest BCUT2D eigenvalue weighted by Gasteiger charge is -2.26. The van der Waals surface area contributed by atoms with Crippen LogP contribution in [0.25, 0.3) is 33.2 Å². The molecule has 9 nitrogen and oxygen atoms in total. The molecule has 1 saturated heterocycles. The van der Waals surface area contributed by atoms with Crippen LogP contribution in [0.3, 0.4) is 0 Å². The lowest BCUT2D eigenvalue weighted by atomic mass is 9.99. The lowest BCUT2D eigenvalue weighted by molar-refractivity contribution is 0.0383. The number of aromatic nitrogens is 3. The molecule has 0 atom stereocenters. The topological polar surface area (TPSA) is 101 Å². The molecule has 1 aliphatic heterocycles. The Labute approximate surface area is 250 Å². The summed E-state index contributed by atoms with van der Waals surface area (Å²) in [6, 6.07) is 25.3. The summed E-state index contributed by atoms with van der Waals surface area (Å²) in [5.74, 6) is -0.0957. The predicted octanol–water partition coefficient (Wildman–Crippen LogP) is 4.95. The van der Waals surface area contributed by atoms with Gasteiger partial charge in [0.05, 0.1) is 30.8 Å². The molecule has 0 unspecified atom stereocenters. The van der Waals surface area contributed by atoms with E-state index in [1.54, 1.807) is 18.5 Å². The molecule has 2 aromatic heterocycles. The quantitative estimate of drug-likeness (QED) is 0.257.